The molecule has 6 heteroatoms. The second-order valence-electron chi connectivity index (χ2n) is 5.77. The number of para-hydroxylation sites is 1. The summed E-state index contributed by atoms with van der Waals surface area (Å²) in [4.78, 5) is 39.0. The third-order valence-electron chi connectivity index (χ3n) is 3.88. The molecule has 0 bridgehead atoms. The van der Waals surface area contributed by atoms with E-state index in [0.29, 0.717) is 24.1 Å². The summed E-state index contributed by atoms with van der Waals surface area (Å²) in [5.41, 5.74) is 0.117. The summed E-state index contributed by atoms with van der Waals surface area (Å²) in [5, 5.41) is 2.35. The first-order valence-corrected chi connectivity index (χ1v) is 7.31. The van der Waals surface area contributed by atoms with Crippen LogP contribution in [0.4, 0.5) is 10.1 Å². The molecule has 1 heterocycles. The fourth-order valence-corrected chi connectivity index (χ4v) is 2.75. The summed E-state index contributed by atoms with van der Waals surface area (Å²) in [5.74, 6) is -1.29. The summed E-state index contributed by atoms with van der Waals surface area (Å²) < 4.78 is 13.6. The average Bonchev–Trinajstić information content (AvgIpc) is 2.48. The number of ketones is 1. The highest BCUT2D eigenvalue weighted by atomic mass is 19.1. The first kappa shape index (κ1) is 15.1. The van der Waals surface area contributed by atoms with Gasteiger partial charge in [-0.3, -0.25) is 14.4 Å². The molecule has 0 spiro atoms. The number of aromatic amines is 1. The van der Waals surface area contributed by atoms with Crippen LogP contribution in [0, 0.1) is 11.7 Å². The number of hydrogen-bond donors (Lipinski definition) is 2. The summed E-state index contributed by atoms with van der Waals surface area (Å²) in [6.45, 7) is 1.93. The van der Waals surface area contributed by atoms with E-state index in [1.807, 2.05) is 6.92 Å². The minimum atomic E-state index is -0.745. The third kappa shape index (κ3) is 2.92. The minimum absolute atomic E-state index is 0.0189. The van der Waals surface area contributed by atoms with Crippen molar-refractivity contribution in [2.75, 3.05) is 5.32 Å². The molecule has 1 aromatic heterocycles. The Labute approximate surface area is 131 Å². The molecule has 0 unspecified atom stereocenters. The molecule has 1 aliphatic carbocycles. The summed E-state index contributed by atoms with van der Waals surface area (Å²) >= 11 is 0. The van der Waals surface area contributed by atoms with Crippen LogP contribution in [0.2, 0.25) is 0 Å². The van der Waals surface area contributed by atoms with Gasteiger partial charge in [-0.2, -0.15) is 0 Å². The number of nitrogens with one attached hydrogen (secondary N) is 2. The van der Waals surface area contributed by atoms with Crippen molar-refractivity contribution < 1.29 is 14.0 Å². The Balaban J connectivity index is 1.96. The second-order valence-corrected chi connectivity index (χ2v) is 5.77. The first-order valence-electron chi connectivity index (χ1n) is 7.31. The zero-order valence-electron chi connectivity index (χ0n) is 12.5. The zero-order valence-corrected chi connectivity index (χ0v) is 12.5. The Hall–Kier alpha value is -2.76. The molecule has 3 rings (SSSR count). The number of pyridine rings is 1. The van der Waals surface area contributed by atoms with Crippen LogP contribution in [0.5, 0.6) is 0 Å². The van der Waals surface area contributed by atoms with E-state index in [1.165, 1.54) is 24.3 Å². The standard InChI is InChI=1S/C17H15FN2O3/c1-9-6-14-10(15(21)7-9)8-11(17(23)20-14)16(22)19-13-5-3-2-4-12(13)18/h2-5,8-9H,6-7H2,1H3,(H,19,22)(H,20,23)/t9-/m0/s1. The van der Waals surface area contributed by atoms with Crippen molar-refractivity contribution in [3.05, 3.63) is 63.3 Å². The minimum Gasteiger partial charge on any atom is -0.325 e. The molecule has 1 aromatic carbocycles. The molecule has 23 heavy (non-hydrogen) atoms. The first-order chi connectivity index (χ1) is 11.0. The van der Waals surface area contributed by atoms with Crippen molar-refractivity contribution in [2.24, 2.45) is 5.92 Å². The maximum Gasteiger partial charge on any atom is 0.261 e. The number of carbonyl (C=O) groups is 2. The fraction of sp³-hybridized carbons (Fsp3) is 0.235. The van der Waals surface area contributed by atoms with Crippen LogP contribution < -0.4 is 10.9 Å². The molecule has 2 aromatic rings. The smallest absolute Gasteiger partial charge is 0.261 e. The van der Waals surface area contributed by atoms with Crippen LogP contribution in [0.25, 0.3) is 0 Å². The number of H-pyrrole nitrogens is 1. The lowest BCUT2D eigenvalue weighted by Crippen LogP contribution is -2.29. The second kappa shape index (κ2) is 5.79. The molecule has 0 radical (unpaired) electrons. The van der Waals surface area contributed by atoms with Gasteiger partial charge >= 0.3 is 0 Å². The van der Waals surface area contributed by atoms with E-state index in [2.05, 4.69) is 10.3 Å². The van der Waals surface area contributed by atoms with E-state index < -0.39 is 17.3 Å². The Morgan fingerprint density at radius 3 is 2.74 bits per heavy atom. The maximum absolute atomic E-state index is 13.6. The predicted octanol–water partition coefficient (Wildman–Crippen LogP) is 2.53. The summed E-state index contributed by atoms with van der Waals surface area (Å²) in [7, 11) is 0. The SMILES string of the molecule is C[C@@H]1CC(=O)c2cc(C(=O)Nc3ccccc3F)c(=O)[nH]c2C1. The van der Waals surface area contributed by atoms with Crippen LogP contribution in [0.1, 0.15) is 39.8 Å². The van der Waals surface area contributed by atoms with E-state index in [1.54, 1.807) is 6.07 Å². The molecular weight excluding hydrogens is 299 g/mol. The Morgan fingerprint density at radius 1 is 1.26 bits per heavy atom. The molecule has 118 valence electrons. The van der Waals surface area contributed by atoms with E-state index in [4.69, 9.17) is 0 Å². The Bertz CT molecular complexity index is 857. The Morgan fingerprint density at radius 2 is 2.00 bits per heavy atom. The van der Waals surface area contributed by atoms with Gasteiger partial charge in [0.1, 0.15) is 11.4 Å². The number of hydrogen-bond acceptors (Lipinski definition) is 3. The van der Waals surface area contributed by atoms with Gasteiger partial charge in [0.25, 0.3) is 11.5 Å². The van der Waals surface area contributed by atoms with Crippen LogP contribution >= 0.6 is 0 Å². The van der Waals surface area contributed by atoms with Crippen molar-refractivity contribution in [1.82, 2.24) is 4.98 Å². The van der Waals surface area contributed by atoms with E-state index in [-0.39, 0.29) is 23.0 Å². The van der Waals surface area contributed by atoms with Gasteiger partial charge in [-0.1, -0.05) is 19.1 Å². The maximum atomic E-state index is 13.6. The lowest BCUT2D eigenvalue weighted by atomic mass is 9.86. The summed E-state index contributed by atoms with van der Waals surface area (Å²) in [6, 6.07) is 6.97. The van der Waals surface area contributed by atoms with Crippen molar-refractivity contribution in [2.45, 2.75) is 19.8 Å². The quantitative estimate of drug-likeness (QED) is 0.894. The van der Waals surface area contributed by atoms with E-state index in [9.17, 15) is 18.8 Å². The van der Waals surface area contributed by atoms with Gasteiger partial charge < -0.3 is 10.3 Å². The third-order valence-corrected chi connectivity index (χ3v) is 3.88. The molecule has 0 aliphatic heterocycles. The number of carbonyl (C=O) groups excluding carboxylic acids is 2. The number of benzene rings is 1. The zero-order chi connectivity index (χ0) is 16.6. The van der Waals surface area contributed by atoms with E-state index >= 15 is 0 Å². The Kier molecular flexibility index (Phi) is 3.82. The largest absolute Gasteiger partial charge is 0.325 e. The molecule has 0 saturated heterocycles. The molecule has 1 atom stereocenters. The molecule has 2 N–H and O–H groups in total. The number of halogens is 1. The molecule has 0 saturated carbocycles. The van der Waals surface area contributed by atoms with Crippen molar-refractivity contribution in [3.8, 4) is 0 Å². The van der Waals surface area contributed by atoms with Gasteiger partial charge in [0.05, 0.1) is 5.69 Å². The average molecular weight is 314 g/mol. The van der Waals surface area contributed by atoms with Crippen molar-refractivity contribution in [1.29, 1.82) is 0 Å². The number of Topliss-reactive ketones (excluding diaryl/α,β-unsaturated/α-hetero) is 1. The predicted molar refractivity (Wildman–Crippen MR) is 83.2 cm³/mol. The van der Waals surface area contributed by atoms with Gasteiger partial charge in [0, 0.05) is 17.7 Å². The number of aromatic nitrogens is 1. The lowest BCUT2D eigenvalue weighted by molar-refractivity contribution is 0.0952. The van der Waals surface area contributed by atoms with Gasteiger partial charge in [-0.25, -0.2) is 4.39 Å². The lowest BCUT2D eigenvalue weighted by Gasteiger charge is -2.20. The topological polar surface area (TPSA) is 79.0 Å². The molecule has 1 amide bonds. The number of rotatable bonds is 2. The highest BCUT2D eigenvalue weighted by Crippen LogP contribution is 2.23. The van der Waals surface area contributed by atoms with Gasteiger partial charge in [-0.05, 0) is 30.5 Å². The fourth-order valence-electron chi connectivity index (χ4n) is 2.75. The van der Waals surface area contributed by atoms with Gasteiger partial charge in [0.2, 0.25) is 0 Å². The monoisotopic (exact) mass is 314 g/mol. The molecule has 1 aliphatic rings. The van der Waals surface area contributed by atoms with Crippen LogP contribution in [0.3, 0.4) is 0 Å². The summed E-state index contributed by atoms with van der Waals surface area (Å²) in [6.07, 6.45) is 0.971. The van der Waals surface area contributed by atoms with Crippen molar-refractivity contribution in [3.63, 3.8) is 0 Å². The van der Waals surface area contributed by atoms with Crippen LogP contribution in [-0.2, 0) is 6.42 Å². The van der Waals surface area contributed by atoms with Crippen LogP contribution in [-0.4, -0.2) is 16.7 Å². The van der Waals surface area contributed by atoms with Crippen molar-refractivity contribution >= 4 is 17.4 Å². The highest BCUT2D eigenvalue weighted by molar-refractivity contribution is 6.06. The highest BCUT2D eigenvalue weighted by Gasteiger charge is 2.25. The van der Waals surface area contributed by atoms with E-state index in [0.717, 1.165) is 0 Å². The number of amides is 1. The molecule has 5 nitrogen and oxygen atoms in total. The van der Waals surface area contributed by atoms with Gasteiger partial charge in [-0.15, -0.1) is 0 Å². The van der Waals surface area contributed by atoms with Gasteiger partial charge in [0.15, 0.2) is 5.78 Å². The number of fused-ring (bicyclic) bond motifs is 1. The molecule has 0 fully saturated rings. The number of anilines is 1. The normalized spacial score (nSPS) is 16.8. The van der Waals surface area contributed by atoms with Crippen LogP contribution in [0.15, 0.2) is 35.1 Å². The molecular formula is C17H15FN2O3.